The summed E-state index contributed by atoms with van der Waals surface area (Å²) in [4.78, 5) is 13.4. The minimum absolute atomic E-state index is 0.000848. The number of halogens is 1. The summed E-state index contributed by atoms with van der Waals surface area (Å²) in [5.74, 6) is 0.802. The lowest BCUT2D eigenvalue weighted by molar-refractivity contribution is -0.131. The van der Waals surface area contributed by atoms with Gasteiger partial charge in [-0.2, -0.15) is 0 Å². The van der Waals surface area contributed by atoms with E-state index in [0.29, 0.717) is 37.6 Å². The van der Waals surface area contributed by atoms with Gasteiger partial charge in [0.25, 0.3) is 0 Å². The fourth-order valence-electron chi connectivity index (χ4n) is 1.68. The monoisotopic (exact) mass is 285 g/mol. The van der Waals surface area contributed by atoms with Crippen LogP contribution in [0.1, 0.15) is 19.8 Å². The van der Waals surface area contributed by atoms with Crippen molar-refractivity contribution in [2.45, 2.75) is 19.8 Å². The molecule has 0 aliphatic rings. The minimum atomic E-state index is 0.000848. The lowest BCUT2D eigenvalue weighted by Crippen LogP contribution is -2.33. The van der Waals surface area contributed by atoms with Crippen LogP contribution in [0.3, 0.4) is 0 Å². The first-order valence-electron chi connectivity index (χ1n) is 6.44. The van der Waals surface area contributed by atoms with Crippen LogP contribution in [0.25, 0.3) is 0 Å². The molecule has 0 heterocycles. The number of carbonyl (C=O) groups is 1. The van der Waals surface area contributed by atoms with E-state index in [4.69, 9.17) is 21.4 Å². The Hall–Kier alpha value is -1.26. The SMILES string of the molecule is CCN(CCO)C(=O)CCCOc1ccc(Cl)cc1. The van der Waals surface area contributed by atoms with Gasteiger partial charge in [0.15, 0.2) is 0 Å². The summed E-state index contributed by atoms with van der Waals surface area (Å²) in [6, 6.07) is 7.13. The van der Waals surface area contributed by atoms with Crippen molar-refractivity contribution in [1.82, 2.24) is 4.90 Å². The number of likely N-dealkylation sites (N-methyl/N-ethyl adjacent to an activating group) is 1. The molecule has 106 valence electrons. The molecule has 0 saturated carbocycles. The highest BCUT2D eigenvalue weighted by Gasteiger charge is 2.10. The van der Waals surface area contributed by atoms with Crippen LogP contribution >= 0.6 is 11.6 Å². The molecule has 4 nitrogen and oxygen atoms in total. The maximum atomic E-state index is 11.8. The van der Waals surface area contributed by atoms with Crippen LogP contribution in [0, 0.1) is 0 Å². The molecule has 0 aliphatic heterocycles. The Morgan fingerprint density at radius 2 is 2.05 bits per heavy atom. The molecular formula is C14H20ClNO3. The number of aliphatic hydroxyl groups is 1. The van der Waals surface area contributed by atoms with Crippen LogP contribution in [-0.2, 0) is 4.79 Å². The van der Waals surface area contributed by atoms with E-state index in [1.165, 1.54) is 0 Å². The van der Waals surface area contributed by atoms with Crippen LogP contribution in [-0.4, -0.2) is 42.2 Å². The quantitative estimate of drug-likeness (QED) is 0.746. The smallest absolute Gasteiger partial charge is 0.222 e. The second-order valence-corrected chi connectivity index (χ2v) is 4.54. The highest BCUT2D eigenvalue weighted by atomic mass is 35.5. The van der Waals surface area contributed by atoms with Crippen molar-refractivity contribution in [3.05, 3.63) is 29.3 Å². The van der Waals surface area contributed by atoms with E-state index in [1.54, 1.807) is 29.2 Å². The maximum Gasteiger partial charge on any atom is 0.222 e. The molecule has 0 radical (unpaired) electrons. The first-order chi connectivity index (χ1) is 9.17. The summed E-state index contributed by atoms with van der Waals surface area (Å²) >= 11 is 5.77. The highest BCUT2D eigenvalue weighted by Crippen LogP contribution is 2.15. The Labute approximate surface area is 118 Å². The number of ether oxygens (including phenoxy) is 1. The summed E-state index contributed by atoms with van der Waals surface area (Å²) in [7, 11) is 0. The van der Waals surface area contributed by atoms with E-state index in [2.05, 4.69) is 0 Å². The topological polar surface area (TPSA) is 49.8 Å². The van der Waals surface area contributed by atoms with Gasteiger partial charge in [-0.05, 0) is 37.6 Å². The van der Waals surface area contributed by atoms with Gasteiger partial charge in [0.2, 0.25) is 5.91 Å². The molecule has 19 heavy (non-hydrogen) atoms. The minimum Gasteiger partial charge on any atom is -0.494 e. The number of benzene rings is 1. The molecular weight excluding hydrogens is 266 g/mol. The molecule has 0 unspecified atom stereocenters. The Kier molecular flexibility index (Phi) is 7.30. The Morgan fingerprint density at radius 3 is 2.63 bits per heavy atom. The van der Waals surface area contributed by atoms with Gasteiger partial charge in [0.1, 0.15) is 5.75 Å². The van der Waals surface area contributed by atoms with Crippen molar-refractivity contribution in [1.29, 1.82) is 0 Å². The first kappa shape index (κ1) is 15.8. The van der Waals surface area contributed by atoms with Crippen molar-refractivity contribution in [2.24, 2.45) is 0 Å². The fourth-order valence-corrected chi connectivity index (χ4v) is 1.81. The molecule has 1 amide bonds. The summed E-state index contributed by atoms with van der Waals surface area (Å²) in [5.41, 5.74) is 0. The zero-order valence-electron chi connectivity index (χ0n) is 11.1. The van der Waals surface area contributed by atoms with Gasteiger partial charge in [0, 0.05) is 24.5 Å². The number of nitrogens with zero attached hydrogens (tertiary/aromatic N) is 1. The lowest BCUT2D eigenvalue weighted by Gasteiger charge is -2.19. The zero-order valence-corrected chi connectivity index (χ0v) is 11.9. The van der Waals surface area contributed by atoms with Crippen molar-refractivity contribution in [3.63, 3.8) is 0 Å². The molecule has 1 N–H and O–H groups in total. The van der Waals surface area contributed by atoms with Gasteiger partial charge in [-0.1, -0.05) is 11.6 Å². The summed E-state index contributed by atoms with van der Waals surface area (Å²) in [5, 5.41) is 9.50. The van der Waals surface area contributed by atoms with Gasteiger partial charge >= 0.3 is 0 Å². The number of carbonyl (C=O) groups excluding carboxylic acids is 1. The summed E-state index contributed by atoms with van der Waals surface area (Å²) in [6.07, 6.45) is 1.09. The normalized spacial score (nSPS) is 10.3. The van der Waals surface area contributed by atoms with Gasteiger partial charge in [0.05, 0.1) is 13.2 Å². The van der Waals surface area contributed by atoms with Gasteiger partial charge in [-0.25, -0.2) is 0 Å². The molecule has 0 aromatic heterocycles. The molecule has 0 atom stereocenters. The van der Waals surface area contributed by atoms with Crippen LogP contribution in [0.5, 0.6) is 5.75 Å². The number of rotatable bonds is 8. The molecule has 1 rings (SSSR count). The van der Waals surface area contributed by atoms with E-state index in [-0.39, 0.29) is 12.5 Å². The molecule has 0 spiro atoms. The average molecular weight is 286 g/mol. The number of amides is 1. The third-order valence-corrected chi connectivity index (χ3v) is 2.97. The molecule has 0 bridgehead atoms. The predicted molar refractivity (Wildman–Crippen MR) is 75.5 cm³/mol. The molecule has 1 aromatic rings. The largest absolute Gasteiger partial charge is 0.494 e. The zero-order chi connectivity index (χ0) is 14.1. The van der Waals surface area contributed by atoms with Crippen molar-refractivity contribution < 1.29 is 14.6 Å². The second-order valence-electron chi connectivity index (χ2n) is 4.10. The van der Waals surface area contributed by atoms with Gasteiger partial charge < -0.3 is 14.7 Å². The lowest BCUT2D eigenvalue weighted by atomic mass is 10.3. The number of hydrogen-bond donors (Lipinski definition) is 1. The van der Waals surface area contributed by atoms with Crippen molar-refractivity contribution in [3.8, 4) is 5.75 Å². The molecule has 0 saturated heterocycles. The number of aliphatic hydroxyl groups excluding tert-OH is 1. The Morgan fingerprint density at radius 1 is 1.37 bits per heavy atom. The Bertz CT molecular complexity index is 381. The van der Waals surface area contributed by atoms with E-state index in [9.17, 15) is 4.79 Å². The third kappa shape index (κ3) is 5.94. The first-order valence-corrected chi connectivity index (χ1v) is 6.82. The number of hydrogen-bond acceptors (Lipinski definition) is 3. The molecule has 1 aromatic carbocycles. The average Bonchev–Trinajstić information content (AvgIpc) is 2.42. The predicted octanol–water partition coefficient (Wildman–Crippen LogP) is 2.34. The molecule has 5 heteroatoms. The van der Waals surface area contributed by atoms with Gasteiger partial charge in [-0.15, -0.1) is 0 Å². The van der Waals surface area contributed by atoms with E-state index in [0.717, 1.165) is 5.75 Å². The van der Waals surface area contributed by atoms with Crippen LogP contribution in [0.2, 0.25) is 5.02 Å². The standard InChI is InChI=1S/C14H20ClNO3/c1-2-16(9-10-17)14(18)4-3-11-19-13-7-5-12(15)6-8-13/h5-8,17H,2-4,9-11H2,1H3. The molecule has 0 fully saturated rings. The van der Waals surface area contributed by atoms with Crippen LogP contribution < -0.4 is 4.74 Å². The highest BCUT2D eigenvalue weighted by molar-refractivity contribution is 6.30. The van der Waals surface area contributed by atoms with Gasteiger partial charge in [-0.3, -0.25) is 4.79 Å². The van der Waals surface area contributed by atoms with Crippen LogP contribution in [0.4, 0.5) is 0 Å². The van der Waals surface area contributed by atoms with Crippen molar-refractivity contribution >= 4 is 17.5 Å². The maximum absolute atomic E-state index is 11.8. The van der Waals surface area contributed by atoms with Crippen molar-refractivity contribution in [2.75, 3.05) is 26.3 Å². The molecule has 0 aliphatic carbocycles. The fraction of sp³-hybridized carbons (Fsp3) is 0.500. The van der Waals surface area contributed by atoms with E-state index >= 15 is 0 Å². The van der Waals surface area contributed by atoms with E-state index in [1.807, 2.05) is 6.92 Å². The summed E-state index contributed by atoms with van der Waals surface area (Å²) < 4.78 is 5.51. The van der Waals surface area contributed by atoms with E-state index < -0.39 is 0 Å². The Balaban J connectivity index is 2.23. The third-order valence-electron chi connectivity index (χ3n) is 2.72. The second kappa shape index (κ2) is 8.77. The van der Waals surface area contributed by atoms with Crippen LogP contribution in [0.15, 0.2) is 24.3 Å². The summed E-state index contributed by atoms with van der Waals surface area (Å²) in [6.45, 7) is 3.41.